The zero-order chi connectivity index (χ0) is 17.1. The Labute approximate surface area is 135 Å². The maximum Gasteiger partial charge on any atom is 0.248 e. The zero-order valence-electron chi connectivity index (χ0n) is 12.5. The fourth-order valence-electron chi connectivity index (χ4n) is 2.34. The number of H-pyrrole nitrogens is 2. The smallest absolute Gasteiger partial charge is 0.248 e. The highest BCUT2D eigenvalue weighted by Crippen LogP contribution is 2.19. The van der Waals surface area contributed by atoms with Gasteiger partial charge in [0, 0.05) is 28.7 Å². The molecular weight excluding hydrogens is 309 g/mol. The number of nitrogen functional groups attached to an aromatic ring is 1. The highest BCUT2D eigenvalue weighted by Gasteiger charge is 2.03. The third kappa shape index (κ3) is 3.17. The Morgan fingerprint density at radius 3 is 2.33 bits per heavy atom. The van der Waals surface area contributed by atoms with Crippen molar-refractivity contribution in [3.63, 3.8) is 0 Å². The van der Waals surface area contributed by atoms with Crippen LogP contribution in [-0.2, 0) is 0 Å². The molecule has 2 aromatic heterocycles. The maximum absolute atomic E-state index is 13.1. The van der Waals surface area contributed by atoms with Crippen LogP contribution in [0.3, 0.4) is 0 Å². The third-order valence-corrected chi connectivity index (χ3v) is 3.51. The van der Waals surface area contributed by atoms with Crippen LogP contribution >= 0.6 is 0 Å². The Morgan fingerprint density at radius 2 is 1.50 bits per heavy atom. The number of nitrogens with two attached hydrogens (primary N) is 1. The summed E-state index contributed by atoms with van der Waals surface area (Å²) in [6.07, 6.45) is 0. The van der Waals surface area contributed by atoms with Crippen LogP contribution in [0.2, 0.25) is 0 Å². The molecule has 0 fully saturated rings. The van der Waals surface area contributed by atoms with Gasteiger partial charge in [0.05, 0.1) is 5.52 Å². The van der Waals surface area contributed by atoms with E-state index in [0.29, 0.717) is 11.1 Å². The van der Waals surface area contributed by atoms with E-state index in [2.05, 4.69) is 9.97 Å². The van der Waals surface area contributed by atoms with Crippen molar-refractivity contribution in [2.45, 2.75) is 0 Å². The summed E-state index contributed by atoms with van der Waals surface area (Å²) in [6.45, 7) is 0. The molecule has 0 aliphatic rings. The molecule has 2 heterocycles. The summed E-state index contributed by atoms with van der Waals surface area (Å²) in [5, 5.41) is 1.59. The molecule has 2 aromatic carbocycles. The van der Waals surface area contributed by atoms with Crippen molar-refractivity contribution in [1.82, 2.24) is 9.97 Å². The molecule has 6 heteroatoms. The summed E-state index contributed by atoms with van der Waals surface area (Å²) in [5.41, 5.74) is 6.70. The van der Waals surface area contributed by atoms with Crippen LogP contribution in [0, 0.1) is 5.82 Å². The molecule has 4 N–H and O–H groups in total. The van der Waals surface area contributed by atoms with Gasteiger partial charge < -0.3 is 15.7 Å². The first-order valence-electron chi connectivity index (χ1n) is 7.20. The van der Waals surface area contributed by atoms with Crippen LogP contribution in [-0.4, -0.2) is 9.97 Å². The van der Waals surface area contributed by atoms with E-state index in [1.165, 1.54) is 30.3 Å². The van der Waals surface area contributed by atoms with Gasteiger partial charge in [-0.05, 0) is 35.7 Å². The van der Waals surface area contributed by atoms with Crippen molar-refractivity contribution in [1.29, 1.82) is 0 Å². The molecule has 4 aromatic rings. The van der Waals surface area contributed by atoms with Crippen LogP contribution in [0.5, 0.6) is 0 Å². The molecule has 0 aliphatic carbocycles. The van der Waals surface area contributed by atoms with Gasteiger partial charge in [-0.15, -0.1) is 0 Å². The van der Waals surface area contributed by atoms with Crippen LogP contribution in [0.15, 0.2) is 70.3 Å². The summed E-state index contributed by atoms with van der Waals surface area (Å²) in [7, 11) is 0. The van der Waals surface area contributed by atoms with Gasteiger partial charge in [0.2, 0.25) is 11.1 Å². The van der Waals surface area contributed by atoms with E-state index in [-0.39, 0.29) is 16.6 Å². The Bertz CT molecular complexity index is 1130. The minimum atomic E-state index is -0.470. The minimum absolute atomic E-state index is 0.0521. The molecule has 5 nitrogen and oxygen atoms in total. The number of anilines is 1. The van der Waals surface area contributed by atoms with Crippen LogP contribution in [0.1, 0.15) is 0 Å². The topological polar surface area (TPSA) is 91.7 Å². The highest BCUT2D eigenvalue weighted by atomic mass is 19.1. The van der Waals surface area contributed by atoms with Gasteiger partial charge in [0.15, 0.2) is 0 Å². The molecule has 24 heavy (non-hydrogen) atoms. The average molecular weight is 323 g/mol. The number of halogens is 1. The standard InChI is InChI=1S/C9H7FN2O.C9H7NO/c10-6-2-3-7(11)5-1-4-8(13)12-9(5)6;11-9-6-5-7-3-1-2-4-8(7)10-9/h1-4H,11H2,(H,12,13);1-6H,(H,10,11). The minimum Gasteiger partial charge on any atom is -0.398 e. The fraction of sp³-hybridized carbons (Fsp3) is 0. The molecule has 0 unspecified atom stereocenters. The summed E-state index contributed by atoms with van der Waals surface area (Å²) in [4.78, 5) is 26.8. The zero-order valence-corrected chi connectivity index (χ0v) is 12.5. The molecule has 0 spiro atoms. The molecule has 120 valence electrons. The highest BCUT2D eigenvalue weighted by molar-refractivity contribution is 5.90. The molecule has 0 amide bonds. The van der Waals surface area contributed by atoms with E-state index in [0.717, 1.165) is 10.9 Å². The number of hydrogen-bond acceptors (Lipinski definition) is 3. The van der Waals surface area contributed by atoms with Crippen molar-refractivity contribution in [2.75, 3.05) is 5.73 Å². The van der Waals surface area contributed by atoms with E-state index in [4.69, 9.17) is 5.73 Å². The molecule has 0 saturated carbocycles. The largest absolute Gasteiger partial charge is 0.398 e. The Kier molecular flexibility index (Phi) is 4.11. The number of aromatic nitrogens is 2. The van der Waals surface area contributed by atoms with Crippen molar-refractivity contribution in [3.05, 3.63) is 87.2 Å². The summed E-state index contributed by atoms with van der Waals surface area (Å²) in [6, 6.07) is 16.6. The SMILES string of the molecule is Nc1ccc(F)c2[nH]c(=O)ccc12.O=c1ccc2ccccc2[nH]1. The molecule has 0 radical (unpaired) electrons. The number of nitrogens with one attached hydrogen (secondary N) is 2. The molecule has 0 aliphatic heterocycles. The lowest BCUT2D eigenvalue weighted by Gasteiger charge is -2.01. The Hall–Kier alpha value is -3.41. The van der Waals surface area contributed by atoms with Crippen LogP contribution < -0.4 is 16.9 Å². The maximum atomic E-state index is 13.1. The van der Waals surface area contributed by atoms with Gasteiger partial charge >= 0.3 is 0 Å². The van der Waals surface area contributed by atoms with Gasteiger partial charge in [-0.2, -0.15) is 0 Å². The van der Waals surface area contributed by atoms with E-state index >= 15 is 0 Å². The second-order valence-electron chi connectivity index (χ2n) is 5.16. The summed E-state index contributed by atoms with van der Waals surface area (Å²) < 4.78 is 13.1. The van der Waals surface area contributed by atoms with Gasteiger partial charge in [-0.1, -0.05) is 18.2 Å². The number of rotatable bonds is 0. The van der Waals surface area contributed by atoms with Crippen molar-refractivity contribution in [3.8, 4) is 0 Å². The number of benzene rings is 2. The summed E-state index contributed by atoms with van der Waals surface area (Å²) >= 11 is 0. The van der Waals surface area contributed by atoms with Crippen molar-refractivity contribution >= 4 is 27.5 Å². The Morgan fingerprint density at radius 1 is 0.792 bits per heavy atom. The lowest BCUT2D eigenvalue weighted by molar-refractivity contribution is 0.636. The number of para-hydroxylation sites is 1. The second kappa shape index (κ2) is 6.37. The molecule has 4 rings (SSSR count). The molecule has 0 atom stereocenters. The number of hydrogen-bond donors (Lipinski definition) is 3. The van der Waals surface area contributed by atoms with E-state index in [1.807, 2.05) is 30.3 Å². The van der Waals surface area contributed by atoms with Gasteiger partial charge in [-0.25, -0.2) is 4.39 Å². The number of aromatic amines is 2. The predicted octanol–water partition coefficient (Wildman–Crippen LogP) is 2.78. The van der Waals surface area contributed by atoms with E-state index in [1.54, 1.807) is 0 Å². The third-order valence-electron chi connectivity index (χ3n) is 3.51. The molecule has 0 bridgehead atoms. The van der Waals surface area contributed by atoms with Gasteiger partial charge in [0.1, 0.15) is 5.82 Å². The van der Waals surface area contributed by atoms with Crippen molar-refractivity contribution < 1.29 is 4.39 Å². The first-order valence-corrected chi connectivity index (χ1v) is 7.20. The fourth-order valence-corrected chi connectivity index (χ4v) is 2.34. The van der Waals surface area contributed by atoms with Crippen molar-refractivity contribution in [2.24, 2.45) is 0 Å². The van der Waals surface area contributed by atoms with Gasteiger partial charge in [0.25, 0.3) is 0 Å². The van der Waals surface area contributed by atoms with E-state index in [9.17, 15) is 14.0 Å². The van der Waals surface area contributed by atoms with Gasteiger partial charge in [-0.3, -0.25) is 9.59 Å². The van der Waals surface area contributed by atoms with E-state index < -0.39 is 5.82 Å². The predicted molar refractivity (Wildman–Crippen MR) is 93.5 cm³/mol. The first kappa shape index (κ1) is 15.5. The summed E-state index contributed by atoms with van der Waals surface area (Å²) in [5.74, 6) is -0.470. The molecule has 0 saturated heterocycles. The number of fused-ring (bicyclic) bond motifs is 2. The average Bonchev–Trinajstić information content (AvgIpc) is 2.59. The van der Waals surface area contributed by atoms with Crippen LogP contribution in [0.4, 0.5) is 10.1 Å². The molecular formula is C18H14FN3O2. The lowest BCUT2D eigenvalue weighted by atomic mass is 10.2. The normalized spacial score (nSPS) is 10.4. The first-order chi connectivity index (χ1) is 11.5. The second-order valence-corrected chi connectivity index (χ2v) is 5.16. The monoisotopic (exact) mass is 323 g/mol. The lowest BCUT2D eigenvalue weighted by Crippen LogP contribution is -2.04. The Balaban J connectivity index is 0.000000143. The van der Waals surface area contributed by atoms with Crippen LogP contribution in [0.25, 0.3) is 21.8 Å². The quantitative estimate of drug-likeness (QED) is 0.435. The number of pyridine rings is 2.